The Labute approximate surface area is 564 Å². The zero-order valence-corrected chi connectivity index (χ0v) is 59.6. The Morgan fingerprint density at radius 2 is 0.696 bits per heavy atom. The third kappa shape index (κ3) is 45.9. The molecule has 0 radical (unpaired) electrons. The number of hydrogen-bond donors (Lipinski definition) is 9. The molecule has 0 aromatic rings. The lowest BCUT2D eigenvalue weighted by atomic mass is 9.97. The predicted octanol–water partition coefficient (Wildman–Crippen LogP) is 17.5. The fraction of sp³-hybridized carbons (Fsp3) is 0.936. The summed E-state index contributed by atoms with van der Waals surface area (Å²) in [5.74, 6) is -0.240. The standard InChI is InChI=1S/C78H149NO13/c1-3-5-7-9-11-13-15-17-19-21-23-25-27-29-31-33-35-37-39-41-43-45-47-49-51-53-55-57-59-61-67(82)66(65-89-77-75(88)73(86)76(69(64-81)91-77)92-78-74(87)72(85)71(84)68(63-80)90-78)79-70(83)62-60-58-56-54-52-50-48-46-44-42-40-38-36-34-32-30-28-26-24-22-20-18-16-14-12-10-8-6-4-2/h51,53,59,61,66-69,71-78,80-82,84-88H,3-50,52,54-58,60,62-65H2,1-2H3,(H,79,83)/b53-51+,61-59+. The summed E-state index contributed by atoms with van der Waals surface area (Å²) >= 11 is 0. The van der Waals surface area contributed by atoms with Crippen LogP contribution in [0.15, 0.2) is 24.3 Å². The van der Waals surface area contributed by atoms with Gasteiger partial charge in [0.25, 0.3) is 0 Å². The van der Waals surface area contributed by atoms with Gasteiger partial charge in [-0.2, -0.15) is 0 Å². The van der Waals surface area contributed by atoms with E-state index in [4.69, 9.17) is 18.9 Å². The van der Waals surface area contributed by atoms with Gasteiger partial charge in [0.1, 0.15) is 48.8 Å². The molecule has 0 spiro atoms. The van der Waals surface area contributed by atoms with Gasteiger partial charge in [-0.15, -0.1) is 0 Å². The average molecular weight is 1310 g/mol. The Bertz CT molecular complexity index is 1640. The monoisotopic (exact) mass is 1310 g/mol. The van der Waals surface area contributed by atoms with Crippen LogP contribution in [-0.4, -0.2) is 140 Å². The van der Waals surface area contributed by atoms with Crippen molar-refractivity contribution in [2.24, 2.45) is 0 Å². The number of aliphatic hydroxyl groups excluding tert-OH is 8. The van der Waals surface area contributed by atoms with Crippen molar-refractivity contribution in [2.45, 2.75) is 447 Å². The minimum atomic E-state index is -1.79. The van der Waals surface area contributed by atoms with E-state index in [1.54, 1.807) is 6.08 Å². The van der Waals surface area contributed by atoms with Crippen LogP contribution >= 0.6 is 0 Å². The highest BCUT2D eigenvalue weighted by atomic mass is 16.7. The highest BCUT2D eigenvalue weighted by Gasteiger charge is 2.51. The average Bonchev–Trinajstić information content (AvgIpc) is 1.04. The summed E-state index contributed by atoms with van der Waals surface area (Å²) in [6.45, 7) is 2.86. The van der Waals surface area contributed by atoms with Gasteiger partial charge in [0.15, 0.2) is 12.6 Å². The summed E-state index contributed by atoms with van der Waals surface area (Å²) in [6, 6.07) is -0.930. The third-order valence-corrected chi connectivity index (χ3v) is 19.6. The largest absolute Gasteiger partial charge is 0.394 e. The number of amides is 1. The van der Waals surface area contributed by atoms with Crippen molar-refractivity contribution in [3.05, 3.63) is 24.3 Å². The first-order chi connectivity index (χ1) is 45.1. The fourth-order valence-electron chi connectivity index (χ4n) is 13.4. The molecule has 544 valence electrons. The third-order valence-electron chi connectivity index (χ3n) is 19.6. The molecule has 14 nitrogen and oxygen atoms in total. The van der Waals surface area contributed by atoms with Gasteiger partial charge < -0.3 is 65.1 Å². The van der Waals surface area contributed by atoms with E-state index in [9.17, 15) is 45.6 Å². The van der Waals surface area contributed by atoms with Crippen molar-refractivity contribution in [3.8, 4) is 0 Å². The van der Waals surface area contributed by atoms with E-state index in [-0.39, 0.29) is 18.9 Å². The van der Waals surface area contributed by atoms with E-state index < -0.39 is 86.8 Å². The summed E-state index contributed by atoms with van der Waals surface area (Å²) in [5, 5.41) is 87.6. The maximum atomic E-state index is 13.4. The number of nitrogens with one attached hydrogen (secondary N) is 1. The van der Waals surface area contributed by atoms with Crippen LogP contribution in [-0.2, 0) is 23.7 Å². The number of aliphatic hydroxyl groups is 8. The second-order valence-electron chi connectivity index (χ2n) is 28.2. The van der Waals surface area contributed by atoms with Gasteiger partial charge in [0.05, 0.1) is 32.0 Å². The fourth-order valence-corrected chi connectivity index (χ4v) is 13.4. The van der Waals surface area contributed by atoms with E-state index >= 15 is 0 Å². The lowest BCUT2D eigenvalue weighted by Gasteiger charge is -2.46. The van der Waals surface area contributed by atoms with Crippen LogP contribution in [0.4, 0.5) is 0 Å². The van der Waals surface area contributed by atoms with Crippen molar-refractivity contribution >= 4 is 5.91 Å². The number of hydrogen-bond acceptors (Lipinski definition) is 13. The second-order valence-corrected chi connectivity index (χ2v) is 28.2. The van der Waals surface area contributed by atoms with Crippen molar-refractivity contribution in [1.82, 2.24) is 5.32 Å². The van der Waals surface area contributed by atoms with E-state index in [2.05, 4.69) is 31.3 Å². The van der Waals surface area contributed by atoms with Crippen molar-refractivity contribution in [2.75, 3.05) is 19.8 Å². The van der Waals surface area contributed by atoms with Crippen molar-refractivity contribution < 1.29 is 64.6 Å². The Hall–Kier alpha value is -1.53. The molecule has 0 bridgehead atoms. The van der Waals surface area contributed by atoms with Gasteiger partial charge in [0.2, 0.25) is 5.91 Å². The van der Waals surface area contributed by atoms with Gasteiger partial charge >= 0.3 is 0 Å². The molecule has 2 saturated heterocycles. The number of carbonyl (C=O) groups is 1. The summed E-state index contributed by atoms with van der Waals surface area (Å²) < 4.78 is 22.9. The minimum absolute atomic E-state index is 0.240. The molecule has 0 aromatic heterocycles. The number of carbonyl (C=O) groups excluding carboxylic acids is 1. The highest BCUT2D eigenvalue weighted by molar-refractivity contribution is 5.76. The van der Waals surface area contributed by atoms with Gasteiger partial charge in [-0.05, 0) is 32.1 Å². The van der Waals surface area contributed by atoms with Crippen LogP contribution in [0.1, 0.15) is 373 Å². The summed E-state index contributed by atoms with van der Waals surface area (Å²) in [4.78, 5) is 13.4. The maximum Gasteiger partial charge on any atom is 0.220 e. The molecule has 0 saturated carbocycles. The maximum absolute atomic E-state index is 13.4. The van der Waals surface area contributed by atoms with Crippen LogP contribution in [0, 0.1) is 0 Å². The van der Waals surface area contributed by atoms with Crippen LogP contribution in [0.3, 0.4) is 0 Å². The molecule has 0 aromatic carbocycles. The number of allylic oxidation sites excluding steroid dienone is 3. The summed E-state index contributed by atoms with van der Waals surface area (Å²) in [5.41, 5.74) is 0. The molecule has 2 heterocycles. The van der Waals surface area contributed by atoms with Gasteiger partial charge in [0, 0.05) is 6.42 Å². The zero-order valence-electron chi connectivity index (χ0n) is 59.6. The Morgan fingerprint density at radius 3 is 1.07 bits per heavy atom. The first-order valence-electron chi connectivity index (χ1n) is 39.6. The lowest BCUT2D eigenvalue weighted by Crippen LogP contribution is -2.65. The van der Waals surface area contributed by atoms with Gasteiger partial charge in [-0.25, -0.2) is 0 Å². The normalized spacial score (nSPS) is 22.7. The second kappa shape index (κ2) is 63.0. The molecule has 12 unspecified atom stereocenters. The molecule has 14 heteroatoms. The molecular formula is C78H149NO13. The van der Waals surface area contributed by atoms with Crippen molar-refractivity contribution in [1.29, 1.82) is 0 Å². The highest BCUT2D eigenvalue weighted by Crippen LogP contribution is 2.30. The Morgan fingerprint density at radius 1 is 0.380 bits per heavy atom. The van der Waals surface area contributed by atoms with Crippen molar-refractivity contribution in [3.63, 3.8) is 0 Å². The molecule has 0 aliphatic carbocycles. The van der Waals surface area contributed by atoms with Crippen LogP contribution in [0.2, 0.25) is 0 Å². The first-order valence-corrected chi connectivity index (χ1v) is 39.6. The van der Waals surface area contributed by atoms with E-state index in [0.29, 0.717) is 12.8 Å². The van der Waals surface area contributed by atoms with Gasteiger partial charge in [-0.3, -0.25) is 4.79 Å². The molecule has 12 atom stereocenters. The summed E-state index contributed by atoms with van der Waals surface area (Å²) in [6.07, 6.45) is 64.1. The van der Waals surface area contributed by atoms with E-state index in [0.717, 1.165) is 32.1 Å². The number of ether oxygens (including phenoxy) is 4. The van der Waals surface area contributed by atoms with Crippen LogP contribution in [0.25, 0.3) is 0 Å². The molecular weight excluding hydrogens is 1160 g/mol. The van der Waals surface area contributed by atoms with Crippen LogP contribution < -0.4 is 5.32 Å². The molecule has 9 N–H and O–H groups in total. The minimum Gasteiger partial charge on any atom is -0.394 e. The topological polar surface area (TPSA) is 228 Å². The molecule has 2 aliphatic rings. The molecule has 92 heavy (non-hydrogen) atoms. The van der Waals surface area contributed by atoms with E-state index in [1.807, 2.05) is 6.08 Å². The number of unbranched alkanes of at least 4 members (excludes halogenated alkanes) is 52. The first kappa shape index (κ1) is 86.6. The molecule has 1 amide bonds. The number of rotatable bonds is 67. The molecule has 2 rings (SSSR count). The quantitative estimate of drug-likeness (QED) is 0.0204. The Balaban J connectivity index is 1.64. The SMILES string of the molecule is CCCCCCCCCCCCCCCCCCCCCCCCC/C=C/CC/C=C/C(O)C(COC1OC(CO)C(OC2OC(CO)C(O)C(O)C2O)C(O)C1O)NC(=O)CCCCCCCCCCCCCCCCCCCCCCCCCCCCCCC. The van der Waals surface area contributed by atoms with Crippen LogP contribution in [0.5, 0.6) is 0 Å². The molecule has 2 aliphatic heterocycles. The van der Waals surface area contributed by atoms with E-state index in [1.165, 1.54) is 308 Å². The summed E-state index contributed by atoms with van der Waals surface area (Å²) in [7, 11) is 0. The zero-order chi connectivity index (χ0) is 66.6. The predicted molar refractivity (Wildman–Crippen MR) is 378 cm³/mol. The van der Waals surface area contributed by atoms with Gasteiger partial charge in [-0.1, -0.05) is 359 Å². The smallest absolute Gasteiger partial charge is 0.220 e. The lowest BCUT2D eigenvalue weighted by molar-refractivity contribution is -0.359. The Kier molecular flexibility index (Phi) is 59.2. The molecule has 2 fully saturated rings.